The van der Waals surface area contributed by atoms with Gasteiger partial charge in [0.1, 0.15) is 0 Å². The van der Waals surface area contributed by atoms with Crippen LogP contribution >= 0.6 is 0 Å². The van der Waals surface area contributed by atoms with Gasteiger partial charge in [-0.1, -0.05) is 20.8 Å². The number of rotatable bonds is 4. The topological polar surface area (TPSA) is 63.4 Å². The number of hydrogen-bond acceptors (Lipinski definition) is 3. The Hall–Kier alpha value is -0.900. The third kappa shape index (κ3) is 2.12. The average Bonchev–Trinajstić information content (AvgIpc) is 2.43. The highest BCUT2D eigenvalue weighted by Gasteiger charge is 2.49. The van der Waals surface area contributed by atoms with E-state index in [4.69, 9.17) is 5.73 Å². The molecule has 4 nitrogen and oxygen atoms in total. The van der Waals surface area contributed by atoms with Crippen LogP contribution in [-0.2, 0) is 9.59 Å². The first-order valence-electron chi connectivity index (χ1n) is 5.87. The Labute approximate surface area is 97.2 Å². The van der Waals surface area contributed by atoms with E-state index in [1.165, 1.54) is 4.90 Å². The molecule has 0 radical (unpaired) electrons. The highest BCUT2D eigenvalue weighted by molar-refractivity contribution is 6.05. The van der Waals surface area contributed by atoms with E-state index in [2.05, 4.69) is 0 Å². The summed E-state index contributed by atoms with van der Waals surface area (Å²) in [5.74, 6) is 0.263. The average molecular weight is 226 g/mol. The van der Waals surface area contributed by atoms with Gasteiger partial charge >= 0.3 is 0 Å². The minimum absolute atomic E-state index is 0.0344. The summed E-state index contributed by atoms with van der Waals surface area (Å²) >= 11 is 0. The van der Waals surface area contributed by atoms with Gasteiger partial charge in [0, 0.05) is 13.0 Å². The number of imide groups is 1. The van der Waals surface area contributed by atoms with Crippen molar-refractivity contribution in [3.8, 4) is 0 Å². The van der Waals surface area contributed by atoms with E-state index >= 15 is 0 Å². The zero-order valence-corrected chi connectivity index (χ0v) is 10.6. The Kier molecular flexibility index (Phi) is 3.73. The zero-order valence-electron chi connectivity index (χ0n) is 10.6. The number of amides is 2. The van der Waals surface area contributed by atoms with E-state index in [0.717, 1.165) is 0 Å². The summed E-state index contributed by atoms with van der Waals surface area (Å²) in [5, 5.41) is 0. The van der Waals surface area contributed by atoms with Crippen LogP contribution in [0.5, 0.6) is 0 Å². The van der Waals surface area contributed by atoms with E-state index in [1.54, 1.807) is 0 Å². The zero-order chi connectivity index (χ0) is 12.5. The third-order valence-electron chi connectivity index (χ3n) is 3.72. The van der Waals surface area contributed by atoms with Crippen molar-refractivity contribution < 1.29 is 9.59 Å². The number of carbonyl (C=O) groups is 2. The highest BCUT2D eigenvalue weighted by atomic mass is 16.2. The van der Waals surface area contributed by atoms with E-state index in [0.29, 0.717) is 19.5 Å². The van der Waals surface area contributed by atoms with Crippen LogP contribution in [0.1, 0.15) is 34.1 Å². The van der Waals surface area contributed by atoms with Gasteiger partial charge in [-0.3, -0.25) is 14.5 Å². The lowest BCUT2D eigenvalue weighted by atomic mass is 9.78. The van der Waals surface area contributed by atoms with E-state index in [-0.39, 0.29) is 23.7 Å². The number of nitrogens with two attached hydrogens (primary N) is 1. The number of carbonyl (C=O) groups excluding carboxylic acids is 2. The summed E-state index contributed by atoms with van der Waals surface area (Å²) in [5.41, 5.74) is 5.00. The summed E-state index contributed by atoms with van der Waals surface area (Å²) in [6, 6.07) is 0. The van der Waals surface area contributed by atoms with Gasteiger partial charge in [-0.25, -0.2) is 0 Å². The van der Waals surface area contributed by atoms with Gasteiger partial charge in [-0.15, -0.1) is 0 Å². The molecule has 1 aliphatic rings. The number of hydrogen-bond donors (Lipinski definition) is 1. The van der Waals surface area contributed by atoms with Gasteiger partial charge in [0.05, 0.1) is 5.41 Å². The molecule has 0 spiro atoms. The predicted molar refractivity (Wildman–Crippen MR) is 62.5 cm³/mol. The van der Waals surface area contributed by atoms with Crippen LogP contribution in [0.4, 0.5) is 0 Å². The molecule has 2 atom stereocenters. The summed E-state index contributed by atoms with van der Waals surface area (Å²) in [7, 11) is 0. The maximum Gasteiger partial charge on any atom is 0.235 e. The molecular formula is C12H22N2O2. The Morgan fingerprint density at radius 2 is 1.94 bits per heavy atom. The fraction of sp³-hybridized carbons (Fsp3) is 0.833. The van der Waals surface area contributed by atoms with Crippen molar-refractivity contribution in [2.24, 2.45) is 23.0 Å². The van der Waals surface area contributed by atoms with Crippen molar-refractivity contribution in [3.63, 3.8) is 0 Å². The number of likely N-dealkylation sites (tertiary alicyclic amines) is 1. The van der Waals surface area contributed by atoms with Crippen molar-refractivity contribution >= 4 is 11.8 Å². The second-order valence-corrected chi connectivity index (χ2v) is 5.40. The molecule has 1 saturated heterocycles. The molecule has 4 heteroatoms. The Bertz CT molecular complexity index is 301. The second-order valence-electron chi connectivity index (χ2n) is 5.40. The first-order chi connectivity index (χ1) is 7.32. The third-order valence-corrected chi connectivity index (χ3v) is 3.72. The first kappa shape index (κ1) is 13.2. The summed E-state index contributed by atoms with van der Waals surface area (Å²) in [4.78, 5) is 25.4. The van der Waals surface area contributed by atoms with Crippen LogP contribution in [0.2, 0.25) is 0 Å². The summed E-state index contributed by atoms with van der Waals surface area (Å²) in [6.07, 6.45) is 0.334. The van der Waals surface area contributed by atoms with Gasteiger partial charge in [-0.05, 0) is 25.3 Å². The van der Waals surface area contributed by atoms with Gasteiger partial charge in [0.15, 0.2) is 0 Å². The van der Waals surface area contributed by atoms with Crippen LogP contribution in [0.25, 0.3) is 0 Å². The van der Waals surface area contributed by atoms with Crippen LogP contribution in [0.3, 0.4) is 0 Å². The van der Waals surface area contributed by atoms with Gasteiger partial charge in [-0.2, -0.15) is 0 Å². The lowest BCUT2D eigenvalue weighted by Crippen LogP contribution is -2.40. The minimum Gasteiger partial charge on any atom is -0.330 e. The predicted octanol–water partition coefficient (Wildman–Crippen LogP) is 1.00. The fourth-order valence-electron chi connectivity index (χ4n) is 1.93. The molecule has 0 aromatic rings. The lowest BCUT2D eigenvalue weighted by Gasteiger charge is -2.26. The minimum atomic E-state index is -0.522. The molecule has 0 aromatic carbocycles. The normalized spacial score (nSPS) is 28.0. The number of nitrogens with zero attached hydrogens (tertiary/aromatic N) is 1. The lowest BCUT2D eigenvalue weighted by molar-refractivity contribution is -0.142. The molecule has 0 aliphatic carbocycles. The summed E-state index contributed by atoms with van der Waals surface area (Å²) in [6.45, 7) is 8.75. The van der Waals surface area contributed by atoms with Gasteiger partial charge in [0.2, 0.25) is 11.8 Å². The molecule has 1 rings (SSSR count). The SMILES string of the molecule is CC(CN)CN1C(=O)CC(C)(C(C)C)C1=O. The second kappa shape index (κ2) is 4.53. The molecule has 2 unspecified atom stereocenters. The monoisotopic (exact) mass is 226 g/mol. The molecule has 2 amide bonds. The molecule has 0 aromatic heterocycles. The molecule has 0 bridgehead atoms. The largest absolute Gasteiger partial charge is 0.330 e. The molecular weight excluding hydrogens is 204 g/mol. The van der Waals surface area contributed by atoms with Gasteiger partial charge < -0.3 is 5.73 Å². The molecule has 16 heavy (non-hydrogen) atoms. The van der Waals surface area contributed by atoms with Crippen LogP contribution < -0.4 is 5.73 Å². The van der Waals surface area contributed by atoms with Gasteiger partial charge in [0.25, 0.3) is 0 Å². The Balaban J connectivity index is 2.83. The van der Waals surface area contributed by atoms with Crippen LogP contribution in [0.15, 0.2) is 0 Å². The maximum atomic E-state index is 12.2. The molecule has 1 fully saturated rings. The van der Waals surface area contributed by atoms with Crippen LogP contribution in [-0.4, -0.2) is 29.8 Å². The molecule has 2 N–H and O–H groups in total. The highest BCUT2D eigenvalue weighted by Crippen LogP contribution is 2.39. The molecule has 0 saturated carbocycles. The van der Waals surface area contributed by atoms with Crippen molar-refractivity contribution in [1.29, 1.82) is 0 Å². The van der Waals surface area contributed by atoms with Crippen molar-refractivity contribution in [2.45, 2.75) is 34.1 Å². The molecule has 1 aliphatic heterocycles. The smallest absolute Gasteiger partial charge is 0.235 e. The van der Waals surface area contributed by atoms with E-state index < -0.39 is 5.41 Å². The van der Waals surface area contributed by atoms with E-state index in [9.17, 15) is 9.59 Å². The van der Waals surface area contributed by atoms with Crippen molar-refractivity contribution in [3.05, 3.63) is 0 Å². The quantitative estimate of drug-likeness (QED) is 0.727. The molecule has 92 valence electrons. The van der Waals surface area contributed by atoms with E-state index in [1.807, 2.05) is 27.7 Å². The van der Waals surface area contributed by atoms with Crippen molar-refractivity contribution in [2.75, 3.05) is 13.1 Å². The van der Waals surface area contributed by atoms with Crippen LogP contribution in [0, 0.1) is 17.3 Å². The summed E-state index contributed by atoms with van der Waals surface area (Å²) < 4.78 is 0. The van der Waals surface area contributed by atoms with Crippen molar-refractivity contribution in [1.82, 2.24) is 4.90 Å². The Morgan fingerprint density at radius 3 is 2.31 bits per heavy atom. The first-order valence-corrected chi connectivity index (χ1v) is 5.87. The fourth-order valence-corrected chi connectivity index (χ4v) is 1.93. The Morgan fingerprint density at radius 1 is 1.38 bits per heavy atom. The standard InChI is InChI=1S/C12H22N2O2/c1-8(2)12(4)5-10(15)14(11(12)16)7-9(3)6-13/h8-9H,5-7,13H2,1-4H3. The maximum absolute atomic E-state index is 12.2. The molecule has 1 heterocycles.